The second-order valence-electron chi connectivity index (χ2n) is 5.82. The summed E-state index contributed by atoms with van der Waals surface area (Å²) in [4.78, 5) is 14.5. The Morgan fingerprint density at radius 3 is 2.67 bits per heavy atom. The van der Waals surface area contributed by atoms with Crippen LogP contribution in [0.25, 0.3) is 10.8 Å². The number of carbonyl (C=O) groups excluding carboxylic acids is 1. The first-order valence-corrected chi connectivity index (χ1v) is 7.30. The van der Waals surface area contributed by atoms with Crippen molar-refractivity contribution in [3.05, 3.63) is 47.8 Å². The number of rotatable bonds is 1. The third-order valence-corrected chi connectivity index (χ3v) is 4.40. The van der Waals surface area contributed by atoms with E-state index in [2.05, 4.69) is 6.92 Å². The number of fused-ring (bicyclic) bond motifs is 1. The first-order chi connectivity index (χ1) is 10.1. The Balaban J connectivity index is 1.97. The Bertz CT molecular complexity index is 686. The molecular formula is C17H19FN2O. The number of likely N-dealkylation sites (tertiary alicyclic amines) is 1. The zero-order chi connectivity index (χ0) is 15.0. The third-order valence-electron chi connectivity index (χ3n) is 4.40. The molecule has 1 amide bonds. The fourth-order valence-electron chi connectivity index (χ4n) is 2.90. The second-order valence-corrected chi connectivity index (χ2v) is 5.82. The summed E-state index contributed by atoms with van der Waals surface area (Å²) in [6.45, 7) is 3.38. The van der Waals surface area contributed by atoms with Crippen LogP contribution in [-0.4, -0.2) is 29.9 Å². The van der Waals surface area contributed by atoms with E-state index in [0.717, 1.165) is 6.42 Å². The molecule has 1 fully saturated rings. The highest BCUT2D eigenvalue weighted by atomic mass is 19.1. The van der Waals surface area contributed by atoms with Gasteiger partial charge in [-0.05, 0) is 29.9 Å². The molecule has 2 aromatic rings. The number of benzene rings is 2. The second kappa shape index (κ2) is 5.45. The van der Waals surface area contributed by atoms with Crippen LogP contribution in [0.15, 0.2) is 36.4 Å². The fraction of sp³-hybridized carbons (Fsp3) is 0.353. The van der Waals surface area contributed by atoms with Crippen LogP contribution in [0.1, 0.15) is 23.7 Å². The minimum Gasteiger partial charge on any atom is -0.337 e. The third kappa shape index (κ3) is 2.51. The molecule has 0 saturated carbocycles. The molecule has 2 atom stereocenters. The summed E-state index contributed by atoms with van der Waals surface area (Å²) in [5, 5.41) is 1.15. The van der Waals surface area contributed by atoms with Gasteiger partial charge < -0.3 is 10.6 Å². The zero-order valence-corrected chi connectivity index (χ0v) is 12.1. The summed E-state index contributed by atoms with van der Waals surface area (Å²) in [5.74, 6) is 0.0682. The summed E-state index contributed by atoms with van der Waals surface area (Å²) < 4.78 is 13.8. The Morgan fingerprint density at radius 2 is 1.95 bits per heavy atom. The maximum Gasteiger partial charge on any atom is 0.254 e. The normalized spacial score (nSPS) is 22.5. The molecule has 3 rings (SSSR count). The Kier molecular flexibility index (Phi) is 3.64. The lowest BCUT2D eigenvalue weighted by Crippen LogP contribution is -2.49. The van der Waals surface area contributed by atoms with Crippen molar-refractivity contribution in [3.8, 4) is 0 Å². The molecule has 1 aliphatic rings. The molecule has 2 aromatic carbocycles. The summed E-state index contributed by atoms with van der Waals surface area (Å²) in [7, 11) is 0. The molecule has 2 unspecified atom stereocenters. The van der Waals surface area contributed by atoms with Crippen molar-refractivity contribution in [2.24, 2.45) is 11.7 Å². The van der Waals surface area contributed by atoms with Crippen LogP contribution in [-0.2, 0) is 0 Å². The summed E-state index contributed by atoms with van der Waals surface area (Å²) >= 11 is 0. The van der Waals surface area contributed by atoms with Crippen molar-refractivity contribution >= 4 is 16.7 Å². The van der Waals surface area contributed by atoms with Gasteiger partial charge in [0.05, 0.1) is 0 Å². The number of hydrogen-bond donors (Lipinski definition) is 1. The zero-order valence-electron chi connectivity index (χ0n) is 12.1. The summed E-state index contributed by atoms with van der Waals surface area (Å²) in [5.41, 5.74) is 6.62. The first-order valence-electron chi connectivity index (χ1n) is 7.30. The molecule has 1 aliphatic heterocycles. The Hall–Kier alpha value is -1.94. The smallest absolute Gasteiger partial charge is 0.254 e. The highest BCUT2D eigenvalue weighted by Crippen LogP contribution is 2.25. The van der Waals surface area contributed by atoms with Crippen LogP contribution >= 0.6 is 0 Å². The lowest BCUT2D eigenvalue weighted by atomic mass is 9.93. The maximum atomic E-state index is 13.8. The van der Waals surface area contributed by atoms with Crippen LogP contribution in [0.2, 0.25) is 0 Å². The van der Waals surface area contributed by atoms with E-state index in [1.165, 1.54) is 6.07 Å². The van der Waals surface area contributed by atoms with Gasteiger partial charge in [-0.1, -0.05) is 31.2 Å². The van der Waals surface area contributed by atoms with E-state index in [1.54, 1.807) is 29.2 Å². The van der Waals surface area contributed by atoms with E-state index in [4.69, 9.17) is 5.73 Å². The number of carbonyl (C=O) groups is 1. The number of nitrogens with two attached hydrogens (primary N) is 1. The van der Waals surface area contributed by atoms with Crippen LogP contribution in [0.4, 0.5) is 4.39 Å². The van der Waals surface area contributed by atoms with E-state index < -0.39 is 0 Å². The molecule has 0 radical (unpaired) electrons. The van der Waals surface area contributed by atoms with Crippen LogP contribution in [0.5, 0.6) is 0 Å². The van der Waals surface area contributed by atoms with Gasteiger partial charge in [0.1, 0.15) is 5.82 Å². The van der Waals surface area contributed by atoms with Gasteiger partial charge >= 0.3 is 0 Å². The maximum absolute atomic E-state index is 13.8. The van der Waals surface area contributed by atoms with Crippen molar-refractivity contribution in [2.75, 3.05) is 13.1 Å². The van der Waals surface area contributed by atoms with Crippen LogP contribution < -0.4 is 5.73 Å². The van der Waals surface area contributed by atoms with Crippen molar-refractivity contribution in [3.63, 3.8) is 0 Å². The van der Waals surface area contributed by atoms with Gasteiger partial charge in [0.25, 0.3) is 5.91 Å². The molecule has 0 aliphatic carbocycles. The summed E-state index contributed by atoms with van der Waals surface area (Å²) in [6.07, 6.45) is 0.909. The first kappa shape index (κ1) is 14.0. The van der Waals surface area contributed by atoms with E-state index in [-0.39, 0.29) is 17.8 Å². The van der Waals surface area contributed by atoms with Crippen LogP contribution in [0.3, 0.4) is 0 Å². The van der Waals surface area contributed by atoms with Gasteiger partial charge in [-0.25, -0.2) is 4.39 Å². The van der Waals surface area contributed by atoms with E-state index in [1.807, 2.05) is 6.07 Å². The van der Waals surface area contributed by atoms with Gasteiger partial charge in [-0.15, -0.1) is 0 Å². The molecule has 2 N–H and O–H groups in total. The Morgan fingerprint density at radius 1 is 1.24 bits per heavy atom. The lowest BCUT2D eigenvalue weighted by Gasteiger charge is -2.35. The van der Waals surface area contributed by atoms with Gasteiger partial charge in [-0.2, -0.15) is 0 Å². The number of nitrogens with zero attached hydrogens (tertiary/aromatic N) is 1. The predicted molar refractivity (Wildman–Crippen MR) is 81.6 cm³/mol. The number of hydrogen-bond acceptors (Lipinski definition) is 2. The molecule has 4 heteroatoms. The van der Waals surface area contributed by atoms with Crippen molar-refractivity contribution < 1.29 is 9.18 Å². The monoisotopic (exact) mass is 286 g/mol. The minimum absolute atomic E-state index is 0.00872. The lowest BCUT2D eigenvalue weighted by molar-refractivity contribution is 0.0674. The number of piperidine rings is 1. The average Bonchev–Trinajstić information content (AvgIpc) is 2.50. The standard InChI is InChI=1S/C17H19FN2O/c1-11-8-9-20(10-16(11)19)17(21)14-6-7-15(18)13-5-3-2-4-12(13)14/h2-7,11,16H,8-10,19H2,1H3. The average molecular weight is 286 g/mol. The quantitative estimate of drug-likeness (QED) is 0.876. The van der Waals surface area contributed by atoms with Crippen molar-refractivity contribution in [2.45, 2.75) is 19.4 Å². The topological polar surface area (TPSA) is 46.3 Å². The summed E-state index contributed by atoms with van der Waals surface area (Å²) in [6, 6.07) is 10.0. The fourth-order valence-corrected chi connectivity index (χ4v) is 2.90. The molecule has 0 aromatic heterocycles. The SMILES string of the molecule is CC1CCN(C(=O)c2ccc(F)c3ccccc23)CC1N. The molecule has 0 spiro atoms. The predicted octanol–water partition coefficient (Wildman–Crippen LogP) is 2.79. The van der Waals surface area contributed by atoms with Crippen molar-refractivity contribution in [1.82, 2.24) is 4.90 Å². The van der Waals surface area contributed by atoms with Gasteiger partial charge in [0.2, 0.25) is 0 Å². The van der Waals surface area contributed by atoms with Crippen molar-refractivity contribution in [1.29, 1.82) is 0 Å². The van der Waals surface area contributed by atoms with E-state index in [0.29, 0.717) is 35.3 Å². The molecular weight excluding hydrogens is 267 g/mol. The number of halogens is 1. The minimum atomic E-state index is -0.300. The van der Waals surface area contributed by atoms with E-state index in [9.17, 15) is 9.18 Å². The molecule has 21 heavy (non-hydrogen) atoms. The highest BCUT2D eigenvalue weighted by Gasteiger charge is 2.27. The van der Waals surface area contributed by atoms with Gasteiger partial charge in [0.15, 0.2) is 0 Å². The Labute approximate surface area is 123 Å². The highest BCUT2D eigenvalue weighted by molar-refractivity contribution is 6.07. The van der Waals surface area contributed by atoms with Gasteiger partial charge in [0, 0.05) is 30.1 Å². The molecule has 1 saturated heterocycles. The molecule has 0 bridgehead atoms. The molecule has 3 nitrogen and oxygen atoms in total. The van der Waals surface area contributed by atoms with Gasteiger partial charge in [-0.3, -0.25) is 4.79 Å². The molecule has 1 heterocycles. The number of amides is 1. The van der Waals surface area contributed by atoms with E-state index >= 15 is 0 Å². The molecule has 110 valence electrons. The largest absolute Gasteiger partial charge is 0.337 e. The van der Waals surface area contributed by atoms with Crippen LogP contribution in [0, 0.1) is 11.7 Å².